The lowest BCUT2D eigenvalue weighted by atomic mass is 9.94. The zero-order valence-electron chi connectivity index (χ0n) is 12.9. The van der Waals surface area contributed by atoms with E-state index in [1.54, 1.807) is 0 Å². The van der Waals surface area contributed by atoms with Crippen LogP contribution in [0.15, 0.2) is 24.3 Å². The first kappa shape index (κ1) is 18.7. The molecule has 6 nitrogen and oxygen atoms in total. The van der Waals surface area contributed by atoms with Crippen LogP contribution in [0.1, 0.15) is 24.5 Å². The summed E-state index contributed by atoms with van der Waals surface area (Å²) in [6.07, 6.45) is 0.909. The van der Waals surface area contributed by atoms with Crippen LogP contribution in [0.4, 0.5) is 10.1 Å². The van der Waals surface area contributed by atoms with Gasteiger partial charge >= 0.3 is 0 Å². The van der Waals surface area contributed by atoms with Gasteiger partial charge < -0.3 is 9.84 Å². The highest BCUT2D eigenvalue weighted by molar-refractivity contribution is 5.52. The smallest absolute Gasteiger partial charge is 0.290 e. The molecule has 0 saturated heterocycles. The first-order valence-electron chi connectivity index (χ1n) is 7.18. The van der Waals surface area contributed by atoms with Gasteiger partial charge in [0.15, 0.2) is 11.4 Å². The van der Waals surface area contributed by atoms with E-state index in [-0.39, 0.29) is 31.1 Å². The maximum atomic E-state index is 14.3. The fourth-order valence-corrected chi connectivity index (χ4v) is 2.06. The van der Waals surface area contributed by atoms with Crippen molar-refractivity contribution in [3.8, 4) is 6.07 Å². The second kappa shape index (κ2) is 8.98. The second-order valence-electron chi connectivity index (χ2n) is 5.09. The van der Waals surface area contributed by atoms with Crippen LogP contribution >= 0.6 is 0 Å². The molecule has 1 aromatic carbocycles. The number of nitrogens with zero attached hydrogens (tertiary/aromatic N) is 2. The molecule has 0 heterocycles. The Morgan fingerprint density at radius 1 is 1.61 bits per heavy atom. The second-order valence-corrected chi connectivity index (χ2v) is 5.09. The molecule has 0 aromatic heterocycles. The molecule has 0 aliphatic carbocycles. The summed E-state index contributed by atoms with van der Waals surface area (Å²) >= 11 is 0. The van der Waals surface area contributed by atoms with Gasteiger partial charge in [-0.15, -0.1) is 0 Å². The number of nitro benzene ring substituents is 1. The van der Waals surface area contributed by atoms with Crippen molar-refractivity contribution >= 4 is 5.69 Å². The Hall–Kier alpha value is -2.30. The highest BCUT2D eigenvalue weighted by Crippen LogP contribution is 2.26. The van der Waals surface area contributed by atoms with Gasteiger partial charge in [-0.1, -0.05) is 19.1 Å². The number of hydrogen-bond acceptors (Lipinski definition) is 5. The fourth-order valence-electron chi connectivity index (χ4n) is 2.06. The summed E-state index contributed by atoms with van der Waals surface area (Å²) in [7, 11) is 0. The van der Waals surface area contributed by atoms with Gasteiger partial charge in [-0.25, -0.2) is 4.39 Å². The number of halogens is 1. The van der Waals surface area contributed by atoms with Crippen molar-refractivity contribution < 1.29 is 19.2 Å². The van der Waals surface area contributed by atoms with Gasteiger partial charge in [0, 0.05) is 18.6 Å². The van der Waals surface area contributed by atoms with E-state index in [2.05, 4.69) is 6.58 Å². The van der Waals surface area contributed by atoms with Crippen LogP contribution in [0.25, 0.3) is 0 Å². The molecule has 7 heteroatoms. The number of ether oxygens (including phenoxy) is 1. The maximum absolute atomic E-state index is 14.3. The van der Waals surface area contributed by atoms with Crippen molar-refractivity contribution in [3.05, 3.63) is 51.3 Å². The Morgan fingerprint density at radius 3 is 2.83 bits per heavy atom. The first-order valence-corrected chi connectivity index (χ1v) is 7.18. The molecule has 0 fully saturated rings. The van der Waals surface area contributed by atoms with Crippen molar-refractivity contribution in [3.63, 3.8) is 0 Å². The molecule has 0 saturated carbocycles. The summed E-state index contributed by atoms with van der Waals surface area (Å²) < 4.78 is 19.6. The Morgan fingerprint density at radius 2 is 2.30 bits per heavy atom. The normalized spacial score (nSPS) is 11.7. The van der Waals surface area contributed by atoms with E-state index in [9.17, 15) is 19.6 Å². The Bertz CT molecular complexity index is 625. The van der Waals surface area contributed by atoms with E-state index in [0.717, 1.165) is 12.5 Å². The van der Waals surface area contributed by atoms with Crippen LogP contribution in [0, 0.1) is 33.2 Å². The van der Waals surface area contributed by atoms with Gasteiger partial charge in [0.05, 0.1) is 18.1 Å². The summed E-state index contributed by atoms with van der Waals surface area (Å²) in [6, 6.07) is 3.89. The lowest BCUT2D eigenvalue weighted by molar-refractivity contribution is -0.385. The quantitative estimate of drug-likeness (QED) is 0.326. The average molecular weight is 322 g/mol. The largest absolute Gasteiger partial charge is 0.396 e. The van der Waals surface area contributed by atoms with E-state index in [4.69, 9.17) is 10.00 Å². The van der Waals surface area contributed by atoms with Crippen molar-refractivity contribution in [2.24, 2.45) is 5.92 Å². The third kappa shape index (κ3) is 4.84. The van der Waals surface area contributed by atoms with Gasteiger partial charge in [0.2, 0.25) is 0 Å². The van der Waals surface area contributed by atoms with Gasteiger partial charge in [-0.2, -0.15) is 5.26 Å². The molecule has 0 aliphatic rings. The fraction of sp³-hybridized carbons (Fsp3) is 0.438. The van der Waals surface area contributed by atoms with E-state index in [0.29, 0.717) is 12.2 Å². The molecular formula is C16H19FN2O4. The van der Waals surface area contributed by atoms with Crippen molar-refractivity contribution in [1.82, 2.24) is 0 Å². The Balaban J connectivity index is 2.94. The molecule has 0 unspecified atom stereocenters. The van der Waals surface area contributed by atoms with E-state index < -0.39 is 22.0 Å². The van der Waals surface area contributed by atoms with Crippen LogP contribution in [0.3, 0.4) is 0 Å². The molecule has 1 N–H and O–H groups in total. The minimum Gasteiger partial charge on any atom is -0.396 e. The van der Waals surface area contributed by atoms with E-state index in [1.165, 1.54) is 12.1 Å². The van der Waals surface area contributed by atoms with Gasteiger partial charge in [0.1, 0.15) is 6.07 Å². The van der Waals surface area contributed by atoms with Crippen molar-refractivity contribution in [2.75, 3.05) is 19.8 Å². The summed E-state index contributed by atoms with van der Waals surface area (Å²) in [5, 5.41) is 29.1. The van der Waals surface area contributed by atoms with Crippen LogP contribution in [-0.2, 0) is 11.2 Å². The third-order valence-corrected chi connectivity index (χ3v) is 3.39. The molecule has 0 spiro atoms. The van der Waals surface area contributed by atoms with Crippen molar-refractivity contribution in [1.29, 1.82) is 5.26 Å². The molecule has 23 heavy (non-hydrogen) atoms. The number of nitriles is 1. The van der Waals surface area contributed by atoms with Crippen LogP contribution in [-0.4, -0.2) is 29.9 Å². The summed E-state index contributed by atoms with van der Waals surface area (Å²) in [6.45, 7) is 6.41. The van der Waals surface area contributed by atoms with Crippen LogP contribution in [0.5, 0.6) is 0 Å². The minimum atomic E-state index is -0.922. The number of aliphatic hydroxyl groups excluding tert-OH is 1. The van der Waals surface area contributed by atoms with Gasteiger partial charge in [0.25, 0.3) is 5.69 Å². The predicted molar refractivity (Wildman–Crippen MR) is 82.3 cm³/mol. The zero-order valence-corrected chi connectivity index (χ0v) is 12.9. The molecular weight excluding hydrogens is 303 g/mol. The molecule has 1 atom stereocenters. The van der Waals surface area contributed by atoms with Crippen LogP contribution in [0.2, 0.25) is 0 Å². The SMILES string of the molecule is C=C(Cc1ccc([N+](=O)[O-])c(C#N)c1F)[C@@H](CO)COCCC. The Labute approximate surface area is 134 Å². The van der Waals surface area contributed by atoms with Crippen LogP contribution < -0.4 is 0 Å². The summed E-state index contributed by atoms with van der Waals surface area (Å²) in [5.74, 6) is -1.28. The molecule has 0 radical (unpaired) electrons. The number of hydrogen-bond donors (Lipinski definition) is 1. The molecule has 1 aromatic rings. The summed E-state index contributed by atoms with van der Waals surface area (Å²) in [4.78, 5) is 9.99. The minimum absolute atomic E-state index is 0.0687. The molecule has 124 valence electrons. The lowest BCUT2D eigenvalue weighted by Gasteiger charge is -2.17. The average Bonchev–Trinajstić information content (AvgIpc) is 2.52. The third-order valence-electron chi connectivity index (χ3n) is 3.39. The number of aliphatic hydroxyl groups is 1. The van der Waals surface area contributed by atoms with E-state index >= 15 is 0 Å². The van der Waals surface area contributed by atoms with Crippen molar-refractivity contribution in [2.45, 2.75) is 19.8 Å². The van der Waals surface area contributed by atoms with Gasteiger partial charge in [-0.3, -0.25) is 10.1 Å². The number of benzene rings is 1. The lowest BCUT2D eigenvalue weighted by Crippen LogP contribution is -2.18. The zero-order chi connectivity index (χ0) is 17.4. The van der Waals surface area contributed by atoms with E-state index in [1.807, 2.05) is 6.92 Å². The highest BCUT2D eigenvalue weighted by Gasteiger charge is 2.22. The molecule has 0 amide bonds. The number of rotatable bonds is 9. The predicted octanol–water partition coefficient (Wildman–Crippen LogP) is 2.74. The molecule has 0 aliphatic heterocycles. The number of nitro groups is 1. The Kier molecular flexibility index (Phi) is 7.32. The maximum Gasteiger partial charge on any atom is 0.290 e. The molecule has 0 bridgehead atoms. The topological polar surface area (TPSA) is 96.4 Å². The standard InChI is InChI=1S/C16H19FN2O4/c1-3-6-23-10-13(9-20)11(2)7-12-4-5-15(19(21)22)14(8-18)16(12)17/h4-5,13,20H,2-3,6-7,9-10H2,1H3/t13-/m0/s1. The monoisotopic (exact) mass is 322 g/mol. The first-order chi connectivity index (χ1) is 11.0. The highest BCUT2D eigenvalue weighted by atomic mass is 19.1. The van der Waals surface area contributed by atoms with Gasteiger partial charge in [-0.05, 0) is 24.5 Å². The summed E-state index contributed by atoms with van der Waals surface area (Å²) in [5.41, 5.74) is -0.487. The molecule has 1 rings (SSSR count).